The lowest BCUT2D eigenvalue weighted by Crippen LogP contribution is -2.06. The first kappa shape index (κ1) is 25.7. The minimum Gasteiger partial charge on any atom is -0.487 e. The van der Waals surface area contributed by atoms with Crippen molar-refractivity contribution in [3.63, 3.8) is 0 Å². The molecule has 3 rings (SSSR count). The maximum atomic E-state index is 6.34. The van der Waals surface area contributed by atoms with Crippen molar-refractivity contribution in [1.82, 2.24) is 0 Å². The van der Waals surface area contributed by atoms with E-state index in [0.717, 1.165) is 35.1 Å². The van der Waals surface area contributed by atoms with Crippen molar-refractivity contribution in [2.45, 2.75) is 99.5 Å². The number of fused-ring (bicyclic) bond motifs is 2. The molecule has 2 nitrogen and oxygen atoms in total. The van der Waals surface area contributed by atoms with E-state index in [0.29, 0.717) is 18.4 Å². The summed E-state index contributed by atoms with van der Waals surface area (Å²) in [6.07, 6.45) is 5.05. The molecular formula is C31H47NO. The summed E-state index contributed by atoms with van der Waals surface area (Å²) in [5, 5.41) is 3.64. The highest BCUT2D eigenvalue weighted by atomic mass is 16.5. The molecule has 1 N–H and O–H groups in total. The van der Waals surface area contributed by atoms with Gasteiger partial charge in [-0.25, -0.2) is 0 Å². The minimum absolute atomic E-state index is 0.540. The van der Waals surface area contributed by atoms with Gasteiger partial charge in [0.25, 0.3) is 0 Å². The van der Waals surface area contributed by atoms with E-state index in [1.807, 2.05) is 0 Å². The van der Waals surface area contributed by atoms with Gasteiger partial charge < -0.3 is 10.1 Å². The second-order valence-electron chi connectivity index (χ2n) is 11.8. The molecule has 182 valence electrons. The van der Waals surface area contributed by atoms with Gasteiger partial charge in [0, 0.05) is 11.3 Å². The van der Waals surface area contributed by atoms with Crippen molar-refractivity contribution >= 4 is 11.4 Å². The Bertz CT molecular complexity index is 826. The average Bonchev–Trinajstić information content (AvgIpc) is 2.90. The Morgan fingerprint density at radius 2 is 1.18 bits per heavy atom. The van der Waals surface area contributed by atoms with Crippen LogP contribution in [-0.4, -0.2) is 0 Å². The predicted octanol–water partition coefficient (Wildman–Crippen LogP) is 9.67. The Labute approximate surface area is 203 Å². The lowest BCUT2D eigenvalue weighted by molar-refractivity contribution is 0.309. The summed E-state index contributed by atoms with van der Waals surface area (Å²) in [5.41, 5.74) is 6.31. The van der Waals surface area contributed by atoms with Gasteiger partial charge in [-0.05, 0) is 90.5 Å². The quantitative estimate of drug-likeness (QED) is 0.390. The minimum atomic E-state index is 0.540. The summed E-state index contributed by atoms with van der Waals surface area (Å²) >= 11 is 0. The van der Waals surface area contributed by atoms with Crippen LogP contribution in [-0.2, 0) is 6.61 Å². The number of ether oxygens (including phenoxy) is 1. The van der Waals surface area contributed by atoms with Crippen LogP contribution in [0.15, 0.2) is 36.4 Å². The van der Waals surface area contributed by atoms with Gasteiger partial charge in [0.15, 0.2) is 0 Å². The molecular weight excluding hydrogens is 402 g/mol. The second-order valence-corrected chi connectivity index (χ2v) is 11.8. The van der Waals surface area contributed by atoms with Crippen LogP contribution in [0.5, 0.6) is 5.75 Å². The molecule has 4 atom stereocenters. The van der Waals surface area contributed by atoms with E-state index in [2.05, 4.69) is 97.1 Å². The summed E-state index contributed by atoms with van der Waals surface area (Å²) in [7, 11) is 0. The van der Waals surface area contributed by atoms with Gasteiger partial charge in [-0.2, -0.15) is 0 Å². The zero-order valence-corrected chi connectivity index (χ0v) is 22.4. The van der Waals surface area contributed by atoms with Crippen molar-refractivity contribution in [2.24, 2.45) is 23.7 Å². The Hall–Kier alpha value is -1.96. The average molecular weight is 450 g/mol. The van der Waals surface area contributed by atoms with Crippen molar-refractivity contribution in [1.29, 1.82) is 0 Å². The smallest absolute Gasteiger partial charge is 0.143 e. The number of hydrogen-bond acceptors (Lipinski definition) is 2. The summed E-state index contributed by atoms with van der Waals surface area (Å²) in [6, 6.07) is 13.6. The molecule has 0 fully saturated rings. The van der Waals surface area contributed by atoms with Crippen LogP contribution in [0.4, 0.5) is 11.4 Å². The number of benzene rings is 2. The topological polar surface area (TPSA) is 21.3 Å². The normalized spacial score (nSPS) is 16.8. The molecule has 0 spiro atoms. The van der Waals surface area contributed by atoms with Gasteiger partial charge in [0.05, 0.1) is 5.69 Å². The van der Waals surface area contributed by atoms with Gasteiger partial charge in [0.1, 0.15) is 12.4 Å². The molecule has 4 unspecified atom stereocenters. The van der Waals surface area contributed by atoms with Crippen LogP contribution < -0.4 is 10.1 Å². The molecule has 0 aliphatic carbocycles. The van der Waals surface area contributed by atoms with E-state index in [1.165, 1.54) is 48.1 Å². The van der Waals surface area contributed by atoms with Crippen molar-refractivity contribution in [3.8, 4) is 5.75 Å². The Morgan fingerprint density at radius 3 is 1.73 bits per heavy atom. The van der Waals surface area contributed by atoms with Crippen molar-refractivity contribution < 1.29 is 4.74 Å². The van der Waals surface area contributed by atoms with Crippen LogP contribution >= 0.6 is 0 Å². The SMILES string of the molecule is CC(C)CC(C)CC(C)c1ccc2c(c1)COc1cc(C(C)CC(C)CC(C)C)ccc1N2. The molecule has 0 saturated heterocycles. The van der Waals surface area contributed by atoms with Crippen LogP contribution in [0.25, 0.3) is 0 Å². The van der Waals surface area contributed by atoms with E-state index in [-0.39, 0.29) is 0 Å². The van der Waals surface area contributed by atoms with E-state index < -0.39 is 0 Å². The van der Waals surface area contributed by atoms with Gasteiger partial charge in [-0.3, -0.25) is 0 Å². The lowest BCUT2D eigenvalue weighted by atomic mass is 9.86. The molecule has 0 aromatic heterocycles. The maximum absolute atomic E-state index is 6.34. The number of nitrogens with one attached hydrogen (secondary N) is 1. The summed E-state index contributed by atoms with van der Waals surface area (Å²) in [5.74, 6) is 5.10. The van der Waals surface area contributed by atoms with E-state index in [1.54, 1.807) is 0 Å². The van der Waals surface area contributed by atoms with E-state index >= 15 is 0 Å². The molecule has 1 heterocycles. The molecule has 2 aromatic carbocycles. The van der Waals surface area contributed by atoms with Gasteiger partial charge in [0.2, 0.25) is 0 Å². The number of hydrogen-bond donors (Lipinski definition) is 1. The second kappa shape index (κ2) is 11.4. The Kier molecular flexibility index (Phi) is 8.90. The molecule has 0 saturated carbocycles. The fourth-order valence-corrected chi connectivity index (χ4v) is 5.81. The van der Waals surface area contributed by atoms with Crippen LogP contribution in [0.1, 0.15) is 110 Å². The van der Waals surface area contributed by atoms with Crippen LogP contribution in [0.2, 0.25) is 0 Å². The fourth-order valence-electron chi connectivity index (χ4n) is 5.81. The highest BCUT2D eigenvalue weighted by Gasteiger charge is 2.19. The fraction of sp³-hybridized carbons (Fsp3) is 0.613. The zero-order valence-electron chi connectivity index (χ0n) is 22.4. The molecule has 2 aromatic rings. The highest BCUT2D eigenvalue weighted by molar-refractivity contribution is 5.71. The lowest BCUT2D eigenvalue weighted by Gasteiger charge is -2.20. The summed E-state index contributed by atoms with van der Waals surface area (Å²) in [4.78, 5) is 0. The molecule has 0 bridgehead atoms. The molecule has 33 heavy (non-hydrogen) atoms. The molecule has 0 amide bonds. The van der Waals surface area contributed by atoms with Gasteiger partial charge >= 0.3 is 0 Å². The van der Waals surface area contributed by atoms with E-state index in [4.69, 9.17) is 4.74 Å². The largest absolute Gasteiger partial charge is 0.487 e. The molecule has 0 radical (unpaired) electrons. The maximum Gasteiger partial charge on any atom is 0.143 e. The first-order chi connectivity index (χ1) is 15.6. The zero-order chi connectivity index (χ0) is 24.1. The molecule has 2 heteroatoms. The first-order valence-electron chi connectivity index (χ1n) is 13.3. The van der Waals surface area contributed by atoms with Crippen LogP contribution in [0.3, 0.4) is 0 Å². The van der Waals surface area contributed by atoms with Gasteiger partial charge in [-0.1, -0.05) is 73.6 Å². The van der Waals surface area contributed by atoms with Crippen LogP contribution in [0, 0.1) is 23.7 Å². The predicted molar refractivity (Wildman–Crippen MR) is 144 cm³/mol. The summed E-state index contributed by atoms with van der Waals surface area (Å²) < 4.78 is 6.34. The third kappa shape index (κ3) is 7.26. The standard InChI is InChI=1S/C31H47NO/c1-20(2)13-22(5)15-24(7)26-9-11-29-28(17-26)19-33-31-18-27(10-12-30(31)32-29)25(8)16-23(6)14-21(3)4/h9-12,17-18,20-25,32H,13-16,19H2,1-8H3. The molecule has 1 aliphatic rings. The first-order valence-corrected chi connectivity index (χ1v) is 13.3. The van der Waals surface area contributed by atoms with Crippen molar-refractivity contribution in [3.05, 3.63) is 53.1 Å². The Balaban J connectivity index is 1.69. The van der Waals surface area contributed by atoms with Crippen molar-refractivity contribution in [2.75, 3.05) is 5.32 Å². The monoisotopic (exact) mass is 449 g/mol. The molecule has 1 aliphatic heterocycles. The highest BCUT2D eigenvalue weighted by Crippen LogP contribution is 2.38. The third-order valence-corrected chi connectivity index (χ3v) is 7.18. The number of anilines is 2. The van der Waals surface area contributed by atoms with E-state index in [9.17, 15) is 0 Å². The Morgan fingerprint density at radius 1 is 0.667 bits per heavy atom. The third-order valence-electron chi connectivity index (χ3n) is 7.18. The summed E-state index contributed by atoms with van der Waals surface area (Å²) in [6.45, 7) is 19.4. The van der Waals surface area contributed by atoms with Gasteiger partial charge in [-0.15, -0.1) is 0 Å². The number of rotatable bonds is 10.